The van der Waals surface area contributed by atoms with Crippen LogP contribution in [-0.2, 0) is 43.4 Å². The Morgan fingerprint density at radius 2 is 0.667 bits per heavy atom. The van der Waals surface area contributed by atoms with Gasteiger partial charge in [0.2, 0.25) is 0 Å². The average Bonchev–Trinajstić information content (AvgIpc) is 3.25. The zero-order valence-electron chi connectivity index (χ0n) is 41.3. The predicted molar refractivity (Wildman–Crippen MR) is 241 cm³/mol. The van der Waals surface area contributed by atoms with Gasteiger partial charge in [-0.15, -0.1) is 0 Å². The van der Waals surface area contributed by atoms with E-state index < -0.39 is 71.9 Å². The first-order chi connectivity index (χ1) is 33.5. The lowest BCUT2D eigenvalue weighted by Gasteiger charge is -2.34. The molecule has 0 aliphatic rings. The highest BCUT2D eigenvalue weighted by molar-refractivity contribution is 7.86. The fraction of sp³-hybridized carbons (Fsp3) is 0.400. The summed E-state index contributed by atoms with van der Waals surface area (Å²) in [4.78, 5) is -1.58. The molecular formula is C50H51F15I2O6S2. The Morgan fingerprint density at radius 1 is 0.400 bits per heavy atom. The minimum absolute atomic E-state index is 0.0366. The number of halogens is 17. The molecule has 0 amide bonds. The topological polar surface area (TPSA) is 114 Å². The SMILES string of the molecule is CC(C)(C)c1ccc([I+]c2ccc(C(C)(C)C)cc2)cc1.CC(C)c1ccc([I+]c2ccc(C(C)C)cc2)cc1.O=S(=O)([O-])C(F)(F)C(F)(F)C(F)(F)C(F)(F)F.O=S(=O)([O-])c1cc(C(F)(F)F)cc(C(F)(F)F)c1. The van der Waals surface area contributed by atoms with Crippen LogP contribution in [0.3, 0.4) is 0 Å². The highest BCUT2D eigenvalue weighted by atomic mass is 127. The molecule has 0 aliphatic carbocycles. The van der Waals surface area contributed by atoms with E-state index in [0.29, 0.717) is 11.8 Å². The molecule has 5 rings (SSSR count). The molecule has 0 heterocycles. The van der Waals surface area contributed by atoms with Gasteiger partial charge in [-0.3, -0.25) is 0 Å². The van der Waals surface area contributed by atoms with Crippen LogP contribution in [0.5, 0.6) is 0 Å². The molecule has 0 atom stereocenters. The number of hydrogen-bond donors (Lipinski definition) is 0. The summed E-state index contributed by atoms with van der Waals surface area (Å²) in [6.07, 6.45) is -17.5. The highest BCUT2D eigenvalue weighted by Crippen LogP contribution is 2.54. The number of alkyl halides is 15. The van der Waals surface area contributed by atoms with Gasteiger partial charge in [0.15, 0.2) is 24.4 Å². The quantitative estimate of drug-likeness (QED) is 0.0784. The number of hydrogen-bond acceptors (Lipinski definition) is 6. The third-order valence-electron chi connectivity index (χ3n) is 10.2. The second-order valence-electron chi connectivity index (χ2n) is 18.9. The van der Waals surface area contributed by atoms with Crippen molar-refractivity contribution in [2.45, 2.75) is 132 Å². The molecule has 6 nitrogen and oxygen atoms in total. The Labute approximate surface area is 446 Å². The maximum absolute atomic E-state index is 12.3. The summed E-state index contributed by atoms with van der Waals surface area (Å²) in [6, 6.07) is 36.2. The van der Waals surface area contributed by atoms with Crippen molar-refractivity contribution in [3.8, 4) is 0 Å². The molecule has 0 saturated carbocycles. The van der Waals surface area contributed by atoms with Crippen LogP contribution in [-0.4, -0.2) is 49.2 Å². The molecule has 0 N–H and O–H groups in total. The molecule has 0 unspecified atom stereocenters. The van der Waals surface area contributed by atoms with Crippen molar-refractivity contribution in [3.05, 3.63) is 163 Å². The van der Waals surface area contributed by atoms with E-state index in [-0.39, 0.29) is 71.4 Å². The second-order valence-corrected chi connectivity index (χ2v) is 27.8. The lowest BCUT2D eigenvalue weighted by Crippen LogP contribution is -3.61. The summed E-state index contributed by atoms with van der Waals surface area (Å²) < 4.78 is 246. The van der Waals surface area contributed by atoms with Gasteiger partial charge in [-0.1, -0.05) is 118 Å². The highest BCUT2D eigenvalue weighted by Gasteiger charge is 2.83. The minimum atomic E-state index is -7.43. The molecule has 0 radical (unpaired) electrons. The first-order valence-corrected chi connectivity index (χ1v) is 28.8. The maximum Gasteiger partial charge on any atom is 0.460 e. The maximum atomic E-state index is 12.3. The summed E-state index contributed by atoms with van der Waals surface area (Å²) in [6.45, 7) is 22.6. The van der Waals surface area contributed by atoms with Crippen LogP contribution in [0, 0.1) is 14.3 Å². The average molecular weight is 1350 g/mol. The molecule has 0 fully saturated rings. The molecule has 418 valence electrons. The lowest BCUT2D eigenvalue weighted by atomic mass is 9.87. The van der Waals surface area contributed by atoms with E-state index in [0.717, 1.165) is 0 Å². The fourth-order valence-corrected chi connectivity index (χ4v) is 11.0. The molecule has 0 bridgehead atoms. The molecule has 5 aromatic rings. The Hall–Kier alpha value is -3.67. The van der Waals surface area contributed by atoms with Crippen LogP contribution in [0.4, 0.5) is 65.9 Å². The van der Waals surface area contributed by atoms with Crippen LogP contribution in [0.25, 0.3) is 0 Å². The number of benzene rings is 5. The summed E-state index contributed by atoms with van der Waals surface area (Å²) in [5, 5.41) is -7.11. The summed E-state index contributed by atoms with van der Waals surface area (Å²) in [7, 11) is -12.8. The van der Waals surface area contributed by atoms with Crippen LogP contribution in [0.15, 0.2) is 120 Å². The van der Waals surface area contributed by atoms with Gasteiger partial charge in [0.05, 0.1) is 16.0 Å². The molecule has 75 heavy (non-hydrogen) atoms. The Balaban J connectivity index is 0.000000344. The van der Waals surface area contributed by atoms with Crippen molar-refractivity contribution < 1.29 is 134 Å². The molecule has 25 heteroatoms. The molecule has 5 aromatic carbocycles. The van der Waals surface area contributed by atoms with E-state index in [2.05, 4.69) is 166 Å². The van der Waals surface area contributed by atoms with Gasteiger partial charge in [-0.25, -0.2) is 16.8 Å². The van der Waals surface area contributed by atoms with Crippen molar-refractivity contribution in [1.29, 1.82) is 0 Å². The summed E-state index contributed by atoms with van der Waals surface area (Å²) in [5.41, 5.74) is 2.47. The largest absolute Gasteiger partial charge is 0.744 e. The monoisotopic (exact) mass is 1350 g/mol. The molecule has 0 aromatic heterocycles. The van der Waals surface area contributed by atoms with Crippen LogP contribution >= 0.6 is 0 Å². The van der Waals surface area contributed by atoms with Crippen LogP contribution in [0.1, 0.15) is 114 Å². The second kappa shape index (κ2) is 25.0. The smallest absolute Gasteiger partial charge is 0.460 e. The van der Waals surface area contributed by atoms with Gasteiger partial charge in [-0.2, -0.15) is 65.9 Å². The Kier molecular flexibility index (Phi) is 22.5. The fourth-order valence-electron chi connectivity index (χ4n) is 5.69. The Morgan fingerprint density at radius 3 is 0.867 bits per heavy atom. The van der Waals surface area contributed by atoms with Crippen molar-refractivity contribution in [2.24, 2.45) is 0 Å². The molecule has 0 spiro atoms. The summed E-state index contributed by atoms with van der Waals surface area (Å²) >= 11 is -0.107. The zero-order valence-corrected chi connectivity index (χ0v) is 47.3. The van der Waals surface area contributed by atoms with E-state index in [1.165, 1.54) is 36.5 Å². The van der Waals surface area contributed by atoms with Crippen molar-refractivity contribution in [3.63, 3.8) is 0 Å². The molecule has 0 saturated heterocycles. The zero-order chi connectivity index (χ0) is 58.4. The first kappa shape index (κ1) is 67.4. The van der Waals surface area contributed by atoms with Gasteiger partial charge in [0.1, 0.15) is 10.1 Å². The van der Waals surface area contributed by atoms with Crippen molar-refractivity contribution >= 4 is 20.2 Å². The van der Waals surface area contributed by atoms with E-state index in [4.69, 9.17) is 0 Å². The molecular weight excluding hydrogens is 1300 g/mol. The third kappa shape index (κ3) is 19.3. The van der Waals surface area contributed by atoms with Gasteiger partial charge in [0, 0.05) is 0 Å². The number of rotatable bonds is 10. The van der Waals surface area contributed by atoms with Gasteiger partial charge >= 0.3 is 78.0 Å². The first-order valence-electron chi connectivity index (χ1n) is 21.7. The van der Waals surface area contributed by atoms with Gasteiger partial charge in [0.25, 0.3) is 0 Å². The van der Waals surface area contributed by atoms with Crippen molar-refractivity contribution in [1.82, 2.24) is 0 Å². The van der Waals surface area contributed by atoms with E-state index in [9.17, 15) is 91.8 Å². The Bertz CT molecular complexity index is 2720. The minimum Gasteiger partial charge on any atom is -0.744 e. The predicted octanol–water partition coefficient (Wildman–Crippen LogP) is 9.06. The van der Waals surface area contributed by atoms with Gasteiger partial charge < -0.3 is 9.11 Å². The molecule has 0 aliphatic heterocycles. The lowest BCUT2D eigenvalue weighted by molar-refractivity contribution is -0.597. The summed E-state index contributed by atoms with van der Waals surface area (Å²) in [5.74, 6) is -13.6. The van der Waals surface area contributed by atoms with E-state index >= 15 is 0 Å². The normalized spacial score (nSPS) is 13.3. The van der Waals surface area contributed by atoms with Gasteiger partial charge in [-0.05, 0) is 112 Å². The third-order valence-corrected chi connectivity index (χ3v) is 17.3. The van der Waals surface area contributed by atoms with Crippen molar-refractivity contribution in [2.75, 3.05) is 0 Å². The van der Waals surface area contributed by atoms with E-state index in [1.807, 2.05) is 0 Å². The van der Waals surface area contributed by atoms with E-state index in [1.54, 1.807) is 0 Å². The van der Waals surface area contributed by atoms with Crippen LogP contribution < -0.4 is 42.4 Å². The van der Waals surface area contributed by atoms with Crippen LogP contribution in [0.2, 0.25) is 0 Å². The standard InChI is InChI=1S/C20H26I.C18H22I.C8H4F6O3S.C4HF9O3S/c1-19(2,3)15-7-11-17(12-8-15)21-18-13-9-16(10-14-18)20(4,5)6;1-13(2)15-5-9-17(10-6-15)19-18-11-7-16(8-12-18)14(3)4;9-7(10,11)4-1-5(8(12,13)14)3-6(2-4)18(15,16)17;5-1(6,3(9,10)11)2(7,8)4(12,13)17(14,15)16/h7-14H,1-6H3;5-14H,1-4H3;1-3H,(H,15,16,17);(H,14,15,16)/q2*+1;;/p-2.